The molecule has 0 aromatic carbocycles. The van der Waals surface area contributed by atoms with Crippen molar-refractivity contribution in [3.05, 3.63) is 22.4 Å². The molecule has 1 atom stereocenters. The van der Waals surface area contributed by atoms with E-state index in [0.29, 0.717) is 6.54 Å². The molecule has 1 heterocycles. The minimum Gasteiger partial charge on any atom is -0.391 e. The van der Waals surface area contributed by atoms with Crippen molar-refractivity contribution in [2.24, 2.45) is 5.92 Å². The second kappa shape index (κ2) is 6.72. The predicted octanol–water partition coefficient (Wildman–Crippen LogP) is 3.08. The molecule has 3 nitrogen and oxygen atoms in total. The highest BCUT2D eigenvalue weighted by Gasteiger charge is 2.41. The van der Waals surface area contributed by atoms with E-state index in [0.717, 1.165) is 25.7 Å². The third kappa shape index (κ3) is 3.23. The van der Waals surface area contributed by atoms with Crippen molar-refractivity contribution in [1.29, 1.82) is 0 Å². The van der Waals surface area contributed by atoms with Crippen molar-refractivity contribution in [2.45, 2.75) is 57.5 Å². The van der Waals surface area contributed by atoms with Crippen molar-refractivity contribution in [3.8, 4) is 0 Å². The molecule has 0 bridgehead atoms. The molecule has 4 heteroatoms. The lowest BCUT2D eigenvalue weighted by Gasteiger charge is -2.35. The van der Waals surface area contributed by atoms with Gasteiger partial charge in [0.25, 0.3) is 0 Å². The molecule has 0 spiro atoms. The van der Waals surface area contributed by atoms with Gasteiger partial charge in [-0.05, 0) is 30.2 Å². The van der Waals surface area contributed by atoms with Crippen LogP contribution in [0.5, 0.6) is 0 Å². The van der Waals surface area contributed by atoms with Crippen molar-refractivity contribution in [1.82, 2.24) is 5.32 Å². The highest BCUT2D eigenvalue weighted by atomic mass is 32.1. The highest BCUT2D eigenvalue weighted by molar-refractivity contribution is 7.10. The molecule has 2 N–H and O–H groups in total. The Morgan fingerprint density at radius 2 is 2.10 bits per heavy atom. The lowest BCUT2D eigenvalue weighted by atomic mass is 9.72. The Kier molecular flexibility index (Phi) is 5.22. The number of hydrogen-bond acceptors (Lipinski definition) is 3. The van der Waals surface area contributed by atoms with Gasteiger partial charge in [0.2, 0.25) is 5.91 Å². The van der Waals surface area contributed by atoms with E-state index >= 15 is 0 Å². The van der Waals surface area contributed by atoms with Crippen LogP contribution in [-0.4, -0.2) is 23.7 Å². The van der Waals surface area contributed by atoms with Gasteiger partial charge < -0.3 is 10.4 Å². The molecule has 1 aliphatic rings. The summed E-state index contributed by atoms with van der Waals surface area (Å²) in [6, 6.07) is 4.10. The van der Waals surface area contributed by atoms with E-state index in [1.54, 1.807) is 11.3 Å². The van der Waals surface area contributed by atoms with Crippen molar-refractivity contribution < 1.29 is 9.90 Å². The first-order valence-corrected chi connectivity index (χ1v) is 8.44. The average molecular weight is 295 g/mol. The first-order valence-electron chi connectivity index (χ1n) is 7.56. The van der Waals surface area contributed by atoms with Crippen LogP contribution >= 0.6 is 11.3 Å². The van der Waals surface area contributed by atoms with Gasteiger partial charge in [-0.1, -0.05) is 39.2 Å². The van der Waals surface area contributed by atoms with Crippen LogP contribution in [0.3, 0.4) is 0 Å². The summed E-state index contributed by atoms with van der Waals surface area (Å²) in [5.74, 6) is 0.263. The van der Waals surface area contributed by atoms with Gasteiger partial charge in [-0.25, -0.2) is 0 Å². The summed E-state index contributed by atoms with van der Waals surface area (Å²) in [5, 5.41) is 14.9. The van der Waals surface area contributed by atoms with E-state index in [2.05, 4.69) is 11.4 Å². The molecule has 1 aromatic rings. The summed E-state index contributed by atoms with van der Waals surface area (Å²) in [4.78, 5) is 13.9. The fourth-order valence-corrected chi connectivity index (χ4v) is 3.88. The maximum absolute atomic E-state index is 12.7. The highest BCUT2D eigenvalue weighted by Crippen LogP contribution is 2.41. The number of carbonyl (C=O) groups excluding carboxylic acids is 1. The first-order chi connectivity index (χ1) is 9.56. The van der Waals surface area contributed by atoms with Crippen LogP contribution in [0.1, 0.15) is 50.8 Å². The lowest BCUT2D eigenvalue weighted by molar-refractivity contribution is -0.128. The monoisotopic (exact) mass is 295 g/mol. The Morgan fingerprint density at radius 1 is 1.40 bits per heavy atom. The molecule has 112 valence electrons. The summed E-state index contributed by atoms with van der Waals surface area (Å²) in [7, 11) is 0. The molecule has 1 fully saturated rings. The van der Waals surface area contributed by atoms with E-state index in [-0.39, 0.29) is 17.2 Å². The van der Waals surface area contributed by atoms with Gasteiger partial charge in [0.05, 0.1) is 11.5 Å². The van der Waals surface area contributed by atoms with E-state index in [4.69, 9.17) is 0 Å². The maximum atomic E-state index is 12.7. The minimum atomic E-state index is -0.470. The Morgan fingerprint density at radius 3 is 2.65 bits per heavy atom. The summed E-state index contributed by atoms with van der Waals surface area (Å²) in [5.41, 5.74) is -0.358. The fourth-order valence-electron chi connectivity index (χ4n) is 2.89. The molecule has 2 rings (SSSR count). The van der Waals surface area contributed by atoms with Gasteiger partial charge in [-0.15, -0.1) is 11.3 Å². The molecule has 1 aromatic heterocycles. The van der Waals surface area contributed by atoms with Crippen molar-refractivity contribution in [3.63, 3.8) is 0 Å². The van der Waals surface area contributed by atoms with Crippen LogP contribution in [0.2, 0.25) is 0 Å². The summed E-state index contributed by atoms with van der Waals surface area (Å²) >= 11 is 1.67. The smallest absolute Gasteiger partial charge is 0.231 e. The van der Waals surface area contributed by atoms with Crippen LogP contribution in [0, 0.1) is 5.92 Å². The number of thiophene rings is 1. The van der Waals surface area contributed by atoms with Crippen LogP contribution in [0.15, 0.2) is 17.5 Å². The average Bonchev–Trinajstić information content (AvgIpc) is 2.99. The van der Waals surface area contributed by atoms with Gasteiger partial charge in [0.1, 0.15) is 0 Å². The number of aliphatic hydroxyl groups excluding tert-OH is 1. The van der Waals surface area contributed by atoms with E-state index in [1.165, 1.54) is 11.3 Å². The SMILES string of the molecule is CC(C)C(O)CNC(=O)C1(c2cccs2)CCCCC1. The number of rotatable bonds is 5. The number of amides is 1. The Labute approximate surface area is 125 Å². The molecule has 0 saturated heterocycles. The van der Waals surface area contributed by atoms with Crippen LogP contribution < -0.4 is 5.32 Å². The van der Waals surface area contributed by atoms with Crippen molar-refractivity contribution in [2.75, 3.05) is 6.54 Å². The first kappa shape index (κ1) is 15.5. The van der Waals surface area contributed by atoms with Gasteiger partial charge in [0.15, 0.2) is 0 Å². The molecular weight excluding hydrogens is 270 g/mol. The molecule has 0 radical (unpaired) electrons. The molecule has 1 saturated carbocycles. The standard InChI is InChI=1S/C16H25NO2S/c1-12(2)13(18)11-17-15(19)16(8-4-3-5-9-16)14-7-6-10-20-14/h6-7,10,12-13,18H,3-5,8-9,11H2,1-2H3,(H,17,19). The molecule has 0 aliphatic heterocycles. The lowest BCUT2D eigenvalue weighted by Crippen LogP contribution is -2.47. The van der Waals surface area contributed by atoms with Gasteiger partial charge in [0, 0.05) is 11.4 Å². The second-order valence-electron chi connectivity index (χ2n) is 6.14. The molecule has 20 heavy (non-hydrogen) atoms. The molecule has 1 amide bonds. The van der Waals surface area contributed by atoms with Gasteiger partial charge in [-0.2, -0.15) is 0 Å². The number of aliphatic hydroxyl groups is 1. The summed E-state index contributed by atoms with van der Waals surface area (Å²) in [6.45, 7) is 4.28. The van der Waals surface area contributed by atoms with Gasteiger partial charge in [-0.3, -0.25) is 4.79 Å². The molecular formula is C16H25NO2S. The van der Waals surface area contributed by atoms with Gasteiger partial charge >= 0.3 is 0 Å². The number of carbonyl (C=O) groups is 1. The molecule has 1 unspecified atom stereocenters. The maximum Gasteiger partial charge on any atom is 0.231 e. The zero-order valence-electron chi connectivity index (χ0n) is 12.4. The van der Waals surface area contributed by atoms with E-state index < -0.39 is 6.10 Å². The Hall–Kier alpha value is -0.870. The minimum absolute atomic E-state index is 0.0966. The van der Waals surface area contributed by atoms with Crippen molar-refractivity contribution >= 4 is 17.2 Å². The summed E-state index contributed by atoms with van der Waals surface area (Å²) < 4.78 is 0. The third-order valence-corrected chi connectivity index (χ3v) is 5.45. The van der Waals surface area contributed by atoms with E-state index in [1.807, 2.05) is 25.3 Å². The zero-order chi connectivity index (χ0) is 14.6. The zero-order valence-corrected chi connectivity index (χ0v) is 13.2. The third-order valence-electron chi connectivity index (χ3n) is 4.38. The predicted molar refractivity (Wildman–Crippen MR) is 82.9 cm³/mol. The Balaban J connectivity index is 2.09. The number of hydrogen-bond donors (Lipinski definition) is 2. The number of nitrogens with one attached hydrogen (secondary N) is 1. The van der Waals surface area contributed by atoms with Crippen LogP contribution in [0.25, 0.3) is 0 Å². The molecule has 1 aliphatic carbocycles. The fraction of sp³-hybridized carbons (Fsp3) is 0.688. The van der Waals surface area contributed by atoms with Crippen LogP contribution in [-0.2, 0) is 10.2 Å². The topological polar surface area (TPSA) is 49.3 Å². The Bertz CT molecular complexity index is 422. The second-order valence-corrected chi connectivity index (χ2v) is 7.09. The van der Waals surface area contributed by atoms with Crippen LogP contribution in [0.4, 0.5) is 0 Å². The summed E-state index contributed by atoms with van der Waals surface area (Å²) in [6.07, 6.45) is 4.82. The normalized spacial score (nSPS) is 19.8. The quantitative estimate of drug-likeness (QED) is 0.877. The largest absolute Gasteiger partial charge is 0.391 e. The van der Waals surface area contributed by atoms with E-state index in [9.17, 15) is 9.90 Å².